The summed E-state index contributed by atoms with van der Waals surface area (Å²) in [6, 6.07) is 0. The molecule has 0 aromatic carbocycles. The summed E-state index contributed by atoms with van der Waals surface area (Å²) in [6.45, 7) is 11.6. The quantitative estimate of drug-likeness (QED) is 0.841. The highest BCUT2D eigenvalue weighted by Gasteiger charge is 2.42. The van der Waals surface area contributed by atoms with Crippen LogP contribution in [0.5, 0.6) is 0 Å². The fraction of sp³-hybridized carbons (Fsp3) is 1.00. The molecule has 2 fully saturated rings. The highest BCUT2D eigenvalue weighted by atomic mass is 16.6. The summed E-state index contributed by atoms with van der Waals surface area (Å²) >= 11 is 0. The highest BCUT2D eigenvalue weighted by molar-refractivity contribution is 4.95. The van der Waals surface area contributed by atoms with Crippen LogP contribution in [0.2, 0.25) is 0 Å². The van der Waals surface area contributed by atoms with Crippen LogP contribution in [-0.4, -0.2) is 37.5 Å². The fourth-order valence-electron chi connectivity index (χ4n) is 2.97. The average molecular weight is 255 g/mol. The maximum atomic E-state index is 6.37. The minimum atomic E-state index is 0.0821. The van der Waals surface area contributed by atoms with Gasteiger partial charge in [-0.1, -0.05) is 13.8 Å². The lowest BCUT2D eigenvalue weighted by atomic mass is 9.70. The molecule has 1 N–H and O–H groups in total. The molecule has 1 saturated heterocycles. The van der Waals surface area contributed by atoms with E-state index in [0.717, 1.165) is 19.7 Å². The van der Waals surface area contributed by atoms with Gasteiger partial charge in [-0.05, 0) is 44.9 Å². The topological polar surface area (TPSA) is 30.5 Å². The summed E-state index contributed by atoms with van der Waals surface area (Å²) in [4.78, 5) is 0. The molecule has 18 heavy (non-hydrogen) atoms. The molecular formula is C15H29NO2. The maximum absolute atomic E-state index is 6.37. The van der Waals surface area contributed by atoms with Gasteiger partial charge in [0.05, 0.1) is 24.4 Å². The van der Waals surface area contributed by atoms with E-state index in [2.05, 4.69) is 33.0 Å². The predicted octanol–water partition coefficient (Wildman–Crippen LogP) is 2.74. The van der Waals surface area contributed by atoms with Crippen LogP contribution >= 0.6 is 0 Å². The monoisotopic (exact) mass is 255 g/mol. The number of nitrogens with one attached hydrogen (secondary N) is 1. The van der Waals surface area contributed by atoms with Gasteiger partial charge in [-0.15, -0.1) is 0 Å². The van der Waals surface area contributed by atoms with Crippen LogP contribution in [0.15, 0.2) is 0 Å². The van der Waals surface area contributed by atoms with Crippen LogP contribution in [0, 0.1) is 5.41 Å². The van der Waals surface area contributed by atoms with Crippen LogP contribution < -0.4 is 5.32 Å². The average Bonchev–Trinajstić information content (AvgIpc) is 2.32. The van der Waals surface area contributed by atoms with Crippen LogP contribution in [0.25, 0.3) is 0 Å². The molecule has 3 nitrogen and oxygen atoms in total. The molecule has 106 valence electrons. The van der Waals surface area contributed by atoms with Crippen molar-refractivity contribution < 1.29 is 9.47 Å². The van der Waals surface area contributed by atoms with E-state index in [1.54, 1.807) is 0 Å². The molecule has 0 amide bonds. The molecule has 1 spiro atoms. The van der Waals surface area contributed by atoms with Gasteiger partial charge < -0.3 is 14.8 Å². The lowest BCUT2D eigenvalue weighted by Gasteiger charge is -2.48. The molecule has 2 rings (SSSR count). The second kappa shape index (κ2) is 5.48. The summed E-state index contributed by atoms with van der Waals surface area (Å²) in [5, 5.41) is 3.54. The van der Waals surface area contributed by atoms with Gasteiger partial charge in [-0.2, -0.15) is 0 Å². The van der Waals surface area contributed by atoms with E-state index in [0.29, 0.717) is 5.41 Å². The Balaban J connectivity index is 1.86. The third kappa shape index (κ3) is 3.69. The van der Waals surface area contributed by atoms with E-state index < -0.39 is 0 Å². The van der Waals surface area contributed by atoms with E-state index in [9.17, 15) is 0 Å². The molecule has 1 heterocycles. The predicted molar refractivity (Wildman–Crippen MR) is 73.8 cm³/mol. The Morgan fingerprint density at radius 2 is 1.89 bits per heavy atom. The zero-order valence-electron chi connectivity index (χ0n) is 12.4. The molecule has 1 unspecified atom stereocenters. The van der Waals surface area contributed by atoms with Gasteiger partial charge in [0.1, 0.15) is 0 Å². The first-order valence-electron chi connectivity index (χ1n) is 7.41. The first kappa shape index (κ1) is 14.3. The fourth-order valence-corrected chi connectivity index (χ4v) is 2.97. The van der Waals surface area contributed by atoms with Gasteiger partial charge in [0.15, 0.2) is 0 Å². The Kier molecular flexibility index (Phi) is 4.35. The molecule has 1 aliphatic carbocycles. The van der Waals surface area contributed by atoms with Crippen molar-refractivity contribution in [3.05, 3.63) is 0 Å². The maximum Gasteiger partial charge on any atom is 0.0940 e. The summed E-state index contributed by atoms with van der Waals surface area (Å²) in [5.74, 6) is 0. The van der Waals surface area contributed by atoms with Crippen molar-refractivity contribution in [3.63, 3.8) is 0 Å². The Labute approximate surface area is 112 Å². The Bertz CT molecular complexity index is 266. The first-order chi connectivity index (χ1) is 8.41. The Hall–Kier alpha value is -0.120. The lowest BCUT2D eigenvalue weighted by molar-refractivity contribution is -0.165. The summed E-state index contributed by atoms with van der Waals surface area (Å²) < 4.78 is 12.1. The number of morpholine rings is 1. The van der Waals surface area contributed by atoms with E-state index >= 15 is 0 Å². The van der Waals surface area contributed by atoms with Crippen molar-refractivity contribution in [2.45, 2.75) is 71.2 Å². The van der Waals surface area contributed by atoms with Gasteiger partial charge in [-0.3, -0.25) is 0 Å². The van der Waals surface area contributed by atoms with Crippen molar-refractivity contribution in [2.24, 2.45) is 5.41 Å². The number of hydrogen-bond donors (Lipinski definition) is 1. The number of hydrogen-bond acceptors (Lipinski definition) is 3. The second-order valence-corrected chi connectivity index (χ2v) is 7.10. The molecule has 0 aromatic heterocycles. The minimum Gasteiger partial charge on any atom is -0.376 e. The molecule has 1 saturated carbocycles. The van der Waals surface area contributed by atoms with Crippen molar-refractivity contribution in [1.82, 2.24) is 5.32 Å². The standard InChI is InChI=1S/C15H29NO2/c1-12(2)17-10-13-9-16-11-15(18-13)7-5-14(3,4)6-8-15/h12-13,16H,5-11H2,1-4H3. The zero-order valence-corrected chi connectivity index (χ0v) is 12.4. The molecule has 0 bridgehead atoms. The SMILES string of the molecule is CC(C)OCC1CNCC2(CCC(C)(C)CC2)O1. The van der Waals surface area contributed by atoms with E-state index in [-0.39, 0.29) is 17.8 Å². The van der Waals surface area contributed by atoms with E-state index in [4.69, 9.17) is 9.47 Å². The van der Waals surface area contributed by atoms with Gasteiger partial charge in [0, 0.05) is 13.1 Å². The van der Waals surface area contributed by atoms with Crippen LogP contribution in [-0.2, 0) is 9.47 Å². The van der Waals surface area contributed by atoms with Crippen LogP contribution in [0.4, 0.5) is 0 Å². The first-order valence-corrected chi connectivity index (χ1v) is 7.41. The van der Waals surface area contributed by atoms with Crippen molar-refractivity contribution in [1.29, 1.82) is 0 Å². The van der Waals surface area contributed by atoms with Crippen molar-refractivity contribution >= 4 is 0 Å². The van der Waals surface area contributed by atoms with E-state index in [1.165, 1.54) is 25.7 Å². The van der Waals surface area contributed by atoms with Gasteiger partial charge in [0.25, 0.3) is 0 Å². The lowest BCUT2D eigenvalue weighted by Crippen LogP contribution is -2.57. The number of ether oxygens (including phenoxy) is 2. The largest absolute Gasteiger partial charge is 0.376 e. The van der Waals surface area contributed by atoms with Crippen molar-refractivity contribution in [3.8, 4) is 0 Å². The molecule has 1 aliphatic heterocycles. The van der Waals surface area contributed by atoms with Gasteiger partial charge in [0.2, 0.25) is 0 Å². The highest BCUT2D eigenvalue weighted by Crippen LogP contribution is 2.43. The van der Waals surface area contributed by atoms with Crippen LogP contribution in [0.3, 0.4) is 0 Å². The molecule has 0 aromatic rings. The van der Waals surface area contributed by atoms with Crippen LogP contribution in [0.1, 0.15) is 53.4 Å². The van der Waals surface area contributed by atoms with Gasteiger partial charge >= 0.3 is 0 Å². The second-order valence-electron chi connectivity index (χ2n) is 7.10. The summed E-state index contributed by atoms with van der Waals surface area (Å²) in [7, 11) is 0. The molecular weight excluding hydrogens is 226 g/mol. The van der Waals surface area contributed by atoms with Gasteiger partial charge in [-0.25, -0.2) is 0 Å². The third-order valence-corrected chi connectivity index (χ3v) is 4.37. The minimum absolute atomic E-state index is 0.0821. The Morgan fingerprint density at radius 1 is 1.22 bits per heavy atom. The normalized spacial score (nSPS) is 30.8. The third-order valence-electron chi connectivity index (χ3n) is 4.37. The molecule has 2 aliphatic rings. The summed E-state index contributed by atoms with van der Waals surface area (Å²) in [5.41, 5.74) is 0.578. The van der Waals surface area contributed by atoms with Crippen molar-refractivity contribution in [2.75, 3.05) is 19.7 Å². The molecule has 3 heteroatoms. The molecule has 1 atom stereocenters. The zero-order chi connectivity index (χ0) is 13.2. The number of rotatable bonds is 3. The smallest absolute Gasteiger partial charge is 0.0940 e. The Morgan fingerprint density at radius 3 is 2.50 bits per heavy atom. The summed E-state index contributed by atoms with van der Waals surface area (Å²) in [6.07, 6.45) is 5.43. The van der Waals surface area contributed by atoms with E-state index in [1.807, 2.05) is 0 Å². The molecule has 0 radical (unpaired) electrons.